The molecule has 7 nitrogen and oxygen atoms in total. The molecule has 8 heteroatoms. The van der Waals surface area contributed by atoms with Gasteiger partial charge in [0.05, 0.1) is 19.3 Å². The Morgan fingerprint density at radius 1 is 1.32 bits per heavy atom. The van der Waals surface area contributed by atoms with Gasteiger partial charge in [0.25, 0.3) is 0 Å². The van der Waals surface area contributed by atoms with Crippen LogP contribution in [0.5, 0.6) is 0 Å². The van der Waals surface area contributed by atoms with Gasteiger partial charge in [0.15, 0.2) is 5.82 Å². The summed E-state index contributed by atoms with van der Waals surface area (Å²) in [6, 6.07) is 5.99. The average molecular weight is 358 g/mol. The van der Waals surface area contributed by atoms with Crippen molar-refractivity contribution in [2.45, 2.75) is 31.1 Å². The number of rotatable bonds is 5. The zero-order chi connectivity index (χ0) is 17.2. The molecule has 1 aliphatic heterocycles. The van der Waals surface area contributed by atoms with Crippen molar-refractivity contribution in [1.82, 2.24) is 15.0 Å². The molecule has 0 aromatic carbocycles. The van der Waals surface area contributed by atoms with E-state index in [2.05, 4.69) is 26.5 Å². The highest BCUT2D eigenvalue weighted by Gasteiger charge is 2.24. The van der Waals surface area contributed by atoms with E-state index in [-0.39, 0.29) is 6.04 Å². The van der Waals surface area contributed by atoms with Crippen LogP contribution < -0.4 is 15.4 Å². The Bertz CT molecular complexity index is 754. The Hall–Kier alpha value is -2.06. The van der Waals surface area contributed by atoms with Gasteiger partial charge >= 0.3 is 0 Å². The first-order valence-corrected chi connectivity index (χ1v) is 9.44. The average Bonchev–Trinajstić information content (AvgIpc) is 3.45. The molecule has 1 atom stereocenters. The first-order valence-electron chi connectivity index (χ1n) is 8.56. The Morgan fingerprint density at radius 2 is 2.20 bits per heavy atom. The third kappa shape index (κ3) is 3.96. The molecule has 1 saturated carbocycles. The van der Waals surface area contributed by atoms with Crippen LogP contribution >= 0.6 is 11.9 Å². The predicted molar refractivity (Wildman–Crippen MR) is 102 cm³/mol. The summed E-state index contributed by atoms with van der Waals surface area (Å²) in [4.78, 5) is 15.8. The minimum atomic E-state index is 0.281. The van der Waals surface area contributed by atoms with E-state index >= 15 is 0 Å². The fourth-order valence-electron chi connectivity index (χ4n) is 2.75. The lowest BCUT2D eigenvalue weighted by Gasteiger charge is -2.34. The standard InChI is InChI=1S/C17H22N6OS/c1-11-10-24-7-6-23(11)16-9-15(22-25-13-2-3-13)20-17(21-16)12-4-5-19-14(18)8-12/h4-5,8-9,11,13H,2-3,6-7,10H2,1H3,(H2,18,19)(H,20,21,22). The van der Waals surface area contributed by atoms with Gasteiger partial charge in [-0.25, -0.2) is 15.0 Å². The molecular formula is C17H22N6OS. The summed E-state index contributed by atoms with van der Waals surface area (Å²) in [5.74, 6) is 2.86. The van der Waals surface area contributed by atoms with Crippen LogP contribution in [0.4, 0.5) is 17.5 Å². The number of nitrogens with one attached hydrogen (secondary N) is 1. The van der Waals surface area contributed by atoms with Crippen molar-refractivity contribution in [3.8, 4) is 11.4 Å². The van der Waals surface area contributed by atoms with Gasteiger partial charge in [-0.15, -0.1) is 0 Å². The van der Waals surface area contributed by atoms with Crippen molar-refractivity contribution in [3.05, 3.63) is 24.4 Å². The fraction of sp³-hybridized carbons (Fsp3) is 0.471. The quantitative estimate of drug-likeness (QED) is 0.788. The van der Waals surface area contributed by atoms with Gasteiger partial charge in [-0.2, -0.15) is 0 Å². The lowest BCUT2D eigenvalue weighted by atomic mass is 10.2. The zero-order valence-electron chi connectivity index (χ0n) is 14.2. The van der Waals surface area contributed by atoms with E-state index in [0.717, 1.165) is 23.7 Å². The van der Waals surface area contributed by atoms with Gasteiger partial charge in [-0.3, -0.25) is 0 Å². The molecule has 25 heavy (non-hydrogen) atoms. The molecule has 0 radical (unpaired) electrons. The molecule has 2 aliphatic rings. The number of nitrogens with two attached hydrogens (primary N) is 1. The molecule has 1 saturated heterocycles. The lowest BCUT2D eigenvalue weighted by molar-refractivity contribution is 0.0985. The van der Waals surface area contributed by atoms with E-state index in [1.165, 1.54) is 12.8 Å². The molecule has 3 N–H and O–H groups in total. The van der Waals surface area contributed by atoms with Crippen LogP contribution in [0, 0.1) is 0 Å². The van der Waals surface area contributed by atoms with Crippen LogP contribution in [0.3, 0.4) is 0 Å². The van der Waals surface area contributed by atoms with E-state index in [9.17, 15) is 0 Å². The van der Waals surface area contributed by atoms with Gasteiger partial charge in [0.2, 0.25) is 0 Å². The minimum Gasteiger partial charge on any atom is -0.384 e. The minimum absolute atomic E-state index is 0.281. The molecule has 132 valence electrons. The summed E-state index contributed by atoms with van der Waals surface area (Å²) in [5.41, 5.74) is 6.70. The number of nitrogens with zero attached hydrogens (tertiary/aromatic N) is 4. The van der Waals surface area contributed by atoms with E-state index in [1.807, 2.05) is 12.1 Å². The maximum absolute atomic E-state index is 5.83. The van der Waals surface area contributed by atoms with E-state index in [0.29, 0.717) is 30.1 Å². The summed E-state index contributed by atoms with van der Waals surface area (Å²) in [6.45, 7) is 4.40. The van der Waals surface area contributed by atoms with Crippen molar-refractivity contribution in [2.75, 3.05) is 35.1 Å². The summed E-state index contributed by atoms with van der Waals surface area (Å²) in [5, 5.41) is 0.695. The number of morpholine rings is 1. The number of nitrogen functional groups attached to an aromatic ring is 1. The van der Waals surface area contributed by atoms with Crippen LogP contribution in [0.15, 0.2) is 24.4 Å². The Balaban J connectivity index is 1.68. The van der Waals surface area contributed by atoms with Crippen molar-refractivity contribution < 1.29 is 4.74 Å². The molecule has 4 rings (SSSR count). The molecule has 1 unspecified atom stereocenters. The summed E-state index contributed by atoms with van der Waals surface area (Å²) in [6.07, 6.45) is 4.22. The zero-order valence-corrected chi connectivity index (χ0v) is 15.0. The predicted octanol–water partition coefficient (Wildman–Crippen LogP) is 2.57. The molecule has 2 aromatic rings. The van der Waals surface area contributed by atoms with Crippen molar-refractivity contribution in [3.63, 3.8) is 0 Å². The number of hydrogen-bond acceptors (Lipinski definition) is 8. The Kier molecular flexibility index (Phi) is 4.63. The molecule has 3 heterocycles. The molecule has 0 bridgehead atoms. The third-order valence-electron chi connectivity index (χ3n) is 4.27. The van der Waals surface area contributed by atoms with E-state index < -0.39 is 0 Å². The Morgan fingerprint density at radius 3 is 2.96 bits per heavy atom. The summed E-state index contributed by atoms with van der Waals surface area (Å²) >= 11 is 1.74. The maximum atomic E-state index is 5.83. The third-order valence-corrected chi connectivity index (χ3v) is 5.40. The second kappa shape index (κ2) is 7.05. The number of pyridine rings is 1. The summed E-state index contributed by atoms with van der Waals surface area (Å²) in [7, 11) is 0. The monoisotopic (exact) mass is 358 g/mol. The van der Waals surface area contributed by atoms with Gasteiger partial charge in [0.1, 0.15) is 17.5 Å². The normalized spacial score (nSPS) is 20.5. The number of aromatic nitrogens is 3. The SMILES string of the molecule is CC1COCCN1c1cc(NSC2CC2)nc(-c2ccnc(N)c2)n1. The number of ether oxygens (including phenoxy) is 1. The second-order valence-corrected chi connectivity index (χ2v) is 7.55. The van der Waals surface area contributed by atoms with Gasteiger partial charge < -0.3 is 20.1 Å². The highest BCUT2D eigenvalue weighted by atomic mass is 32.2. The number of anilines is 3. The molecule has 0 spiro atoms. The first kappa shape index (κ1) is 16.4. The van der Waals surface area contributed by atoms with Crippen molar-refractivity contribution >= 4 is 29.4 Å². The smallest absolute Gasteiger partial charge is 0.164 e. The highest BCUT2D eigenvalue weighted by Crippen LogP contribution is 2.35. The maximum Gasteiger partial charge on any atom is 0.164 e. The fourth-order valence-corrected chi connectivity index (χ4v) is 3.51. The first-order chi connectivity index (χ1) is 12.2. The molecule has 2 fully saturated rings. The summed E-state index contributed by atoms with van der Waals surface area (Å²) < 4.78 is 8.94. The van der Waals surface area contributed by atoms with Gasteiger partial charge in [-0.05, 0) is 43.8 Å². The molecule has 0 amide bonds. The molecule has 1 aliphatic carbocycles. The van der Waals surface area contributed by atoms with Crippen molar-refractivity contribution in [1.29, 1.82) is 0 Å². The van der Waals surface area contributed by atoms with Crippen LogP contribution in [0.2, 0.25) is 0 Å². The Labute approximate surface area is 151 Å². The highest BCUT2D eigenvalue weighted by molar-refractivity contribution is 8.01. The van der Waals surface area contributed by atoms with Gasteiger partial charge in [-0.1, -0.05) is 0 Å². The van der Waals surface area contributed by atoms with E-state index in [4.69, 9.17) is 15.5 Å². The lowest BCUT2D eigenvalue weighted by Crippen LogP contribution is -2.44. The second-order valence-electron chi connectivity index (χ2n) is 6.44. The van der Waals surface area contributed by atoms with Crippen LogP contribution in [-0.4, -0.2) is 46.0 Å². The van der Waals surface area contributed by atoms with Crippen LogP contribution in [0.25, 0.3) is 11.4 Å². The largest absolute Gasteiger partial charge is 0.384 e. The van der Waals surface area contributed by atoms with Crippen LogP contribution in [-0.2, 0) is 4.74 Å². The number of hydrogen-bond donors (Lipinski definition) is 2. The topological polar surface area (TPSA) is 89.2 Å². The molecular weight excluding hydrogens is 336 g/mol. The molecule has 2 aromatic heterocycles. The van der Waals surface area contributed by atoms with Crippen molar-refractivity contribution in [2.24, 2.45) is 0 Å². The van der Waals surface area contributed by atoms with Gasteiger partial charge in [0, 0.05) is 29.6 Å². The van der Waals surface area contributed by atoms with Crippen LogP contribution in [0.1, 0.15) is 19.8 Å². The van der Waals surface area contributed by atoms with E-state index in [1.54, 1.807) is 24.2 Å².